The summed E-state index contributed by atoms with van der Waals surface area (Å²) in [5.74, 6) is 0.627. The number of aryl methyl sites for hydroxylation is 3. The molecule has 0 aliphatic heterocycles. The topological polar surface area (TPSA) is 84.0 Å². The molecule has 6 nitrogen and oxygen atoms in total. The fraction of sp³-hybridized carbons (Fsp3) is 0.182. The molecule has 0 spiro atoms. The number of anilines is 3. The molecule has 142 valence electrons. The lowest BCUT2D eigenvalue weighted by molar-refractivity contribution is 0.101. The summed E-state index contributed by atoms with van der Waals surface area (Å²) in [6, 6.07) is 14.5. The van der Waals surface area contributed by atoms with Gasteiger partial charge in [-0.25, -0.2) is 9.97 Å². The molecule has 0 saturated heterocycles. The number of hydrogen-bond donors (Lipinski definition) is 2. The number of aromatic nitrogens is 2. The van der Waals surface area contributed by atoms with Crippen molar-refractivity contribution in [1.29, 1.82) is 0 Å². The van der Waals surface area contributed by atoms with Crippen molar-refractivity contribution in [3.63, 3.8) is 0 Å². The van der Waals surface area contributed by atoms with Gasteiger partial charge in [0.25, 0.3) is 5.91 Å². The van der Waals surface area contributed by atoms with Gasteiger partial charge in [0.1, 0.15) is 17.3 Å². The van der Waals surface area contributed by atoms with Gasteiger partial charge < -0.3 is 10.6 Å². The molecule has 1 amide bonds. The predicted molar refractivity (Wildman–Crippen MR) is 110 cm³/mol. The molecule has 2 N–H and O–H groups in total. The zero-order chi connectivity index (χ0) is 20.3. The van der Waals surface area contributed by atoms with Crippen molar-refractivity contribution in [3.8, 4) is 0 Å². The minimum atomic E-state index is -0.311. The average molecular weight is 374 g/mol. The summed E-state index contributed by atoms with van der Waals surface area (Å²) in [5.41, 5.74) is 4.55. The second-order valence-electron chi connectivity index (χ2n) is 6.70. The number of benzene rings is 2. The van der Waals surface area contributed by atoms with Crippen molar-refractivity contribution >= 4 is 28.9 Å². The van der Waals surface area contributed by atoms with Gasteiger partial charge in [0.15, 0.2) is 5.78 Å². The first kappa shape index (κ1) is 19.2. The Balaban J connectivity index is 1.82. The summed E-state index contributed by atoms with van der Waals surface area (Å²) in [4.78, 5) is 32.8. The molecule has 0 atom stereocenters. The van der Waals surface area contributed by atoms with Gasteiger partial charge in [0.2, 0.25) is 0 Å². The summed E-state index contributed by atoms with van der Waals surface area (Å²) < 4.78 is 0. The number of nitrogens with zero attached hydrogens (tertiary/aromatic N) is 2. The number of rotatable bonds is 5. The van der Waals surface area contributed by atoms with Crippen LogP contribution >= 0.6 is 0 Å². The van der Waals surface area contributed by atoms with Gasteiger partial charge in [-0.3, -0.25) is 9.59 Å². The molecule has 1 heterocycles. The zero-order valence-electron chi connectivity index (χ0n) is 16.3. The Bertz CT molecular complexity index is 1060. The van der Waals surface area contributed by atoms with Crippen molar-refractivity contribution in [1.82, 2.24) is 9.97 Å². The lowest BCUT2D eigenvalue weighted by Crippen LogP contribution is -2.15. The van der Waals surface area contributed by atoms with Crippen molar-refractivity contribution in [2.24, 2.45) is 0 Å². The van der Waals surface area contributed by atoms with E-state index in [2.05, 4.69) is 20.6 Å². The second-order valence-corrected chi connectivity index (χ2v) is 6.70. The smallest absolute Gasteiger partial charge is 0.274 e. The molecular formula is C22H22N4O2. The van der Waals surface area contributed by atoms with E-state index in [-0.39, 0.29) is 17.4 Å². The molecule has 3 rings (SSSR count). The largest absolute Gasteiger partial charge is 0.340 e. The first-order valence-electron chi connectivity index (χ1n) is 8.94. The van der Waals surface area contributed by atoms with Gasteiger partial charge in [0, 0.05) is 23.0 Å². The number of carbonyl (C=O) groups excluding carboxylic acids is 2. The Morgan fingerprint density at radius 3 is 2.36 bits per heavy atom. The molecular weight excluding hydrogens is 352 g/mol. The molecule has 0 saturated carbocycles. The molecule has 0 unspecified atom stereocenters. The summed E-state index contributed by atoms with van der Waals surface area (Å²) in [7, 11) is 0. The van der Waals surface area contributed by atoms with Crippen molar-refractivity contribution < 1.29 is 9.59 Å². The summed E-state index contributed by atoms with van der Waals surface area (Å²) in [6.07, 6.45) is 0. The Morgan fingerprint density at radius 2 is 1.64 bits per heavy atom. The van der Waals surface area contributed by atoms with Crippen molar-refractivity contribution in [2.45, 2.75) is 27.7 Å². The number of nitrogens with one attached hydrogen (secondary N) is 2. The van der Waals surface area contributed by atoms with E-state index in [1.54, 1.807) is 31.2 Å². The molecule has 2 aromatic carbocycles. The van der Waals surface area contributed by atoms with Crippen LogP contribution in [0.25, 0.3) is 0 Å². The van der Waals surface area contributed by atoms with E-state index in [0.29, 0.717) is 28.6 Å². The Morgan fingerprint density at radius 1 is 0.857 bits per heavy atom. The van der Waals surface area contributed by atoms with E-state index < -0.39 is 0 Å². The first-order chi connectivity index (χ1) is 13.3. The third kappa shape index (κ3) is 4.59. The van der Waals surface area contributed by atoms with Crippen LogP contribution in [0.15, 0.2) is 48.5 Å². The second kappa shape index (κ2) is 8.00. The fourth-order valence-corrected chi connectivity index (χ4v) is 2.73. The van der Waals surface area contributed by atoms with Gasteiger partial charge in [-0.05, 0) is 63.1 Å². The van der Waals surface area contributed by atoms with Crippen LogP contribution in [0.3, 0.4) is 0 Å². The standard InChI is InChI=1S/C22H22N4O2/c1-13-8-9-19(10-14(13)2)26-22(28)20-12-21(24-16(4)23-20)25-18-7-5-6-17(11-18)15(3)27/h5-12H,1-4H3,(H,26,28)(H,23,24,25). The monoisotopic (exact) mass is 374 g/mol. The SMILES string of the molecule is CC(=O)c1cccc(Nc2cc(C(=O)Nc3ccc(C)c(C)c3)nc(C)n2)c1. The highest BCUT2D eigenvalue weighted by atomic mass is 16.2. The maximum absolute atomic E-state index is 12.6. The highest BCUT2D eigenvalue weighted by Crippen LogP contribution is 2.19. The molecule has 0 aliphatic rings. The van der Waals surface area contributed by atoms with Gasteiger partial charge in [0.05, 0.1) is 0 Å². The zero-order valence-corrected chi connectivity index (χ0v) is 16.3. The van der Waals surface area contributed by atoms with Crippen LogP contribution in [-0.2, 0) is 0 Å². The van der Waals surface area contributed by atoms with Gasteiger partial charge >= 0.3 is 0 Å². The quantitative estimate of drug-likeness (QED) is 0.638. The number of ketones is 1. The molecule has 28 heavy (non-hydrogen) atoms. The van der Waals surface area contributed by atoms with Crippen LogP contribution in [0.4, 0.5) is 17.2 Å². The van der Waals surface area contributed by atoms with Crippen LogP contribution < -0.4 is 10.6 Å². The fourth-order valence-electron chi connectivity index (χ4n) is 2.73. The van der Waals surface area contributed by atoms with E-state index in [1.165, 1.54) is 6.92 Å². The third-order valence-electron chi connectivity index (χ3n) is 4.38. The van der Waals surface area contributed by atoms with Crippen molar-refractivity contribution in [3.05, 3.63) is 76.7 Å². The Kier molecular flexibility index (Phi) is 5.49. The highest BCUT2D eigenvalue weighted by Gasteiger charge is 2.12. The van der Waals surface area contributed by atoms with E-state index >= 15 is 0 Å². The average Bonchev–Trinajstić information content (AvgIpc) is 2.64. The van der Waals surface area contributed by atoms with Crippen molar-refractivity contribution in [2.75, 3.05) is 10.6 Å². The van der Waals surface area contributed by atoms with E-state index in [1.807, 2.05) is 38.1 Å². The molecule has 6 heteroatoms. The lowest BCUT2D eigenvalue weighted by atomic mass is 10.1. The summed E-state index contributed by atoms with van der Waals surface area (Å²) in [5, 5.41) is 6.00. The molecule has 3 aromatic rings. The molecule has 1 aromatic heterocycles. The summed E-state index contributed by atoms with van der Waals surface area (Å²) >= 11 is 0. The maximum atomic E-state index is 12.6. The number of carbonyl (C=O) groups is 2. The first-order valence-corrected chi connectivity index (χ1v) is 8.94. The van der Waals surface area contributed by atoms with Gasteiger partial charge in [-0.2, -0.15) is 0 Å². The Labute approximate surface area is 164 Å². The van der Waals surface area contributed by atoms with E-state index in [4.69, 9.17) is 0 Å². The van der Waals surface area contributed by atoms with E-state index in [0.717, 1.165) is 11.1 Å². The van der Waals surface area contributed by atoms with Crippen LogP contribution in [-0.4, -0.2) is 21.7 Å². The van der Waals surface area contributed by atoms with E-state index in [9.17, 15) is 9.59 Å². The number of Topliss-reactive ketones (excluding diaryl/α,β-unsaturated/α-hetero) is 1. The number of amides is 1. The molecule has 0 aliphatic carbocycles. The van der Waals surface area contributed by atoms with Crippen LogP contribution in [0, 0.1) is 20.8 Å². The van der Waals surface area contributed by atoms with Crippen LogP contribution in [0.5, 0.6) is 0 Å². The van der Waals surface area contributed by atoms with Gasteiger partial charge in [-0.15, -0.1) is 0 Å². The minimum Gasteiger partial charge on any atom is -0.340 e. The normalized spacial score (nSPS) is 10.4. The summed E-state index contributed by atoms with van der Waals surface area (Å²) in [6.45, 7) is 7.26. The van der Waals surface area contributed by atoms with Crippen LogP contribution in [0.2, 0.25) is 0 Å². The molecule has 0 radical (unpaired) electrons. The highest BCUT2D eigenvalue weighted by molar-refractivity contribution is 6.03. The van der Waals surface area contributed by atoms with Gasteiger partial charge in [-0.1, -0.05) is 18.2 Å². The maximum Gasteiger partial charge on any atom is 0.274 e. The Hall–Kier alpha value is -3.54. The minimum absolute atomic E-state index is 0.0176. The number of hydrogen-bond acceptors (Lipinski definition) is 5. The molecule has 0 bridgehead atoms. The van der Waals surface area contributed by atoms with Crippen LogP contribution in [0.1, 0.15) is 44.7 Å². The molecule has 0 fully saturated rings. The predicted octanol–water partition coefficient (Wildman–Crippen LogP) is 4.60. The third-order valence-corrected chi connectivity index (χ3v) is 4.38. The lowest BCUT2D eigenvalue weighted by Gasteiger charge is -2.10.